The molecule has 1 fully saturated rings. The van der Waals surface area contributed by atoms with Crippen LogP contribution in [0.5, 0.6) is 0 Å². The molecule has 5 rings (SSSR count). The van der Waals surface area contributed by atoms with E-state index in [1.54, 1.807) is 16.0 Å². The van der Waals surface area contributed by atoms with Crippen molar-refractivity contribution in [1.29, 1.82) is 0 Å². The summed E-state index contributed by atoms with van der Waals surface area (Å²) >= 11 is 1.65. The summed E-state index contributed by atoms with van der Waals surface area (Å²) in [5, 5.41) is 9.64. The van der Waals surface area contributed by atoms with Gasteiger partial charge in [-0.15, -0.1) is 11.3 Å². The highest BCUT2D eigenvalue weighted by Crippen LogP contribution is 2.29. The first-order chi connectivity index (χ1) is 15.9. The number of thiophene rings is 1. The fourth-order valence-corrected chi connectivity index (χ4v) is 5.10. The molecule has 33 heavy (non-hydrogen) atoms. The van der Waals surface area contributed by atoms with Crippen LogP contribution in [0.15, 0.2) is 48.1 Å². The Morgan fingerprint density at radius 3 is 2.88 bits per heavy atom. The second-order valence-corrected chi connectivity index (χ2v) is 10.2. The first-order valence-electron chi connectivity index (χ1n) is 11.1. The fourth-order valence-electron chi connectivity index (χ4n) is 4.25. The molecule has 1 aliphatic rings. The first-order valence-corrected chi connectivity index (χ1v) is 12.0. The molecular formula is C25H27N5O2S. The zero-order chi connectivity index (χ0) is 23.0. The number of carbonyl (C=O) groups is 1. The van der Waals surface area contributed by atoms with Gasteiger partial charge in [0.2, 0.25) is 0 Å². The van der Waals surface area contributed by atoms with Crippen LogP contribution in [-0.2, 0) is 18.2 Å². The number of fused-ring (bicyclic) bond motifs is 1. The normalized spacial score (nSPS) is 17.8. The molecule has 0 aliphatic carbocycles. The second kappa shape index (κ2) is 8.68. The molecule has 0 aromatic carbocycles. The summed E-state index contributed by atoms with van der Waals surface area (Å²) < 4.78 is 8.47. The number of carbonyl (C=O) groups excluding carboxylic acids is 1. The number of nitrogens with one attached hydrogen (secondary N) is 1. The molecule has 1 N–H and O–H groups in total. The summed E-state index contributed by atoms with van der Waals surface area (Å²) in [6, 6.07) is 9.97. The molecule has 1 atom stereocenters. The Labute approximate surface area is 196 Å². The second-order valence-electron chi connectivity index (χ2n) is 9.26. The van der Waals surface area contributed by atoms with Crippen LogP contribution in [0.4, 0.5) is 0 Å². The number of hydrogen-bond acceptors (Lipinski definition) is 6. The minimum Gasteiger partial charge on any atom is -0.381 e. The number of ether oxygens (including phenoxy) is 1. The lowest BCUT2D eigenvalue weighted by Crippen LogP contribution is -2.50. The first kappa shape index (κ1) is 21.7. The van der Waals surface area contributed by atoms with Crippen molar-refractivity contribution in [2.24, 2.45) is 12.5 Å². The standard InChI is InChI=1S/C25H27N5O2S/c1-25(2)15-32-10-7-22(25)28-24(31)21-13-17(23-20(27-21)8-11-33-23)12-16-4-5-18(26-14-16)19-6-9-30(3)29-19/h4-6,8-9,11,13-14,22H,7,10,12,15H2,1-3H3,(H,28,31). The Morgan fingerprint density at radius 1 is 1.27 bits per heavy atom. The summed E-state index contributed by atoms with van der Waals surface area (Å²) in [5.74, 6) is -0.132. The van der Waals surface area contributed by atoms with E-state index in [1.807, 2.05) is 49.1 Å². The Kier molecular flexibility index (Phi) is 5.72. The van der Waals surface area contributed by atoms with Crippen LogP contribution < -0.4 is 5.32 Å². The van der Waals surface area contributed by atoms with Crippen LogP contribution in [-0.4, -0.2) is 44.9 Å². The number of rotatable bonds is 5. The topological polar surface area (TPSA) is 81.9 Å². The van der Waals surface area contributed by atoms with Gasteiger partial charge < -0.3 is 10.1 Å². The van der Waals surface area contributed by atoms with Crippen molar-refractivity contribution in [2.75, 3.05) is 13.2 Å². The number of amides is 1. The lowest BCUT2D eigenvalue weighted by atomic mass is 9.82. The van der Waals surface area contributed by atoms with E-state index >= 15 is 0 Å². The van der Waals surface area contributed by atoms with Crippen LogP contribution >= 0.6 is 11.3 Å². The molecule has 1 aliphatic heterocycles. The van der Waals surface area contributed by atoms with Gasteiger partial charge >= 0.3 is 0 Å². The molecular weight excluding hydrogens is 434 g/mol. The third kappa shape index (κ3) is 4.54. The number of nitrogens with zero attached hydrogens (tertiary/aromatic N) is 4. The maximum absolute atomic E-state index is 13.1. The van der Waals surface area contributed by atoms with Crippen LogP contribution in [0.1, 0.15) is 41.9 Å². The van der Waals surface area contributed by atoms with Gasteiger partial charge in [0.25, 0.3) is 5.91 Å². The van der Waals surface area contributed by atoms with Gasteiger partial charge in [-0.1, -0.05) is 19.9 Å². The lowest BCUT2D eigenvalue weighted by molar-refractivity contribution is -0.0116. The van der Waals surface area contributed by atoms with E-state index < -0.39 is 0 Å². The number of aryl methyl sites for hydroxylation is 1. The van der Waals surface area contributed by atoms with Crippen molar-refractivity contribution in [3.8, 4) is 11.4 Å². The van der Waals surface area contributed by atoms with Gasteiger partial charge in [-0.25, -0.2) is 4.98 Å². The Balaban J connectivity index is 1.39. The summed E-state index contributed by atoms with van der Waals surface area (Å²) in [7, 11) is 1.89. The summed E-state index contributed by atoms with van der Waals surface area (Å²) in [6.45, 7) is 5.55. The number of pyridine rings is 2. The predicted molar refractivity (Wildman–Crippen MR) is 129 cm³/mol. The Hall–Kier alpha value is -3.10. The minimum atomic E-state index is -0.132. The van der Waals surface area contributed by atoms with Crippen molar-refractivity contribution in [1.82, 2.24) is 25.1 Å². The lowest BCUT2D eigenvalue weighted by Gasteiger charge is -2.38. The van der Waals surface area contributed by atoms with Gasteiger partial charge in [0, 0.05) is 43.9 Å². The van der Waals surface area contributed by atoms with Crippen LogP contribution in [0.3, 0.4) is 0 Å². The third-order valence-corrected chi connectivity index (χ3v) is 7.17. The molecule has 1 amide bonds. The van der Waals surface area contributed by atoms with Crippen molar-refractivity contribution in [2.45, 2.75) is 32.7 Å². The number of hydrogen-bond donors (Lipinski definition) is 1. The van der Waals surface area contributed by atoms with Crippen molar-refractivity contribution >= 4 is 27.5 Å². The summed E-state index contributed by atoms with van der Waals surface area (Å²) in [6.07, 6.45) is 5.27. The maximum Gasteiger partial charge on any atom is 0.270 e. The fraction of sp³-hybridized carbons (Fsp3) is 0.360. The highest BCUT2D eigenvalue weighted by atomic mass is 32.1. The smallest absolute Gasteiger partial charge is 0.270 e. The largest absolute Gasteiger partial charge is 0.381 e. The molecule has 0 spiro atoms. The Bertz CT molecular complexity index is 1290. The quantitative estimate of drug-likeness (QED) is 0.481. The zero-order valence-electron chi connectivity index (χ0n) is 19.0. The molecule has 170 valence electrons. The van der Waals surface area contributed by atoms with E-state index in [0.29, 0.717) is 25.3 Å². The molecule has 0 radical (unpaired) electrons. The van der Waals surface area contributed by atoms with Crippen LogP contribution in [0.2, 0.25) is 0 Å². The van der Waals surface area contributed by atoms with Gasteiger partial charge in [0.15, 0.2) is 0 Å². The van der Waals surface area contributed by atoms with Crippen molar-refractivity contribution < 1.29 is 9.53 Å². The van der Waals surface area contributed by atoms with Gasteiger partial charge in [-0.05, 0) is 47.2 Å². The van der Waals surface area contributed by atoms with E-state index in [-0.39, 0.29) is 17.4 Å². The van der Waals surface area contributed by atoms with Crippen LogP contribution in [0.25, 0.3) is 21.6 Å². The van der Waals surface area contributed by atoms with Crippen molar-refractivity contribution in [3.05, 3.63) is 64.9 Å². The average molecular weight is 462 g/mol. The van der Waals surface area contributed by atoms with E-state index in [1.165, 1.54) is 0 Å². The van der Waals surface area contributed by atoms with Gasteiger partial charge in [-0.2, -0.15) is 5.10 Å². The molecule has 1 unspecified atom stereocenters. The molecule has 4 aromatic rings. The predicted octanol–water partition coefficient (Wildman–Crippen LogP) is 4.23. The molecule has 7 nitrogen and oxygen atoms in total. The zero-order valence-corrected chi connectivity index (χ0v) is 19.9. The summed E-state index contributed by atoms with van der Waals surface area (Å²) in [4.78, 5) is 22.4. The monoisotopic (exact) mass is 461 g/mol. The van der Waals surface area contributed by atoms with E-state index in [2.05, 4.69) is 40.3 Å². The third-order valence-electron chi connectivity index (χ3n) is 6.19. The Morgan fingerprint density at radius 2 is 2.15 bits per heavy atom. The molecule has 0 saturated carbocycles. The molecule has 8 heteroatoms. The van der Waals surface area contributed by atoms with E-state index in [0.717, 1.165) is 39.2 Å². The highest BCUT2D eigenvalue weighted by molar-refractivity contribution is 7.17. The van der Waals surface area contributed by atoms with E-state index in [4.69, 9.17) is 4.74 Å². The van der Waals surface area contributed by atoms with Crippen molar-refractivity contribution in [3.63, 3.8) is 0 Å². The molecule has 1 saturated heterocycles. The van der Waals surface area contributed by atoms with Gasteiger partial charge in [0.05, 0.1) is 22.5 Å². The maximum atomic E-state index is 13.1. The van der Waals surface area contributed by atoms with Gasteiger partial charge in [0.1, 0.15) is 11.4 Å². The summed E-state index contributed by atoms with van der Waals surface area (Å²) in [5.41, 5.74) is 5.05. The average Bonchev–Trinajstić information content (AvgIpc) is 3.44. The SMILES string of the molecule is Cn1ccc(-c2ccc(Cc3cc(C(=O)NC4CCOCC4(C)C)nc4ccsc34)cn2)n1. The molecule has 5 heterocycles. The highest BCUT2D eigenvalue weighted by Gasteiger charge is 2.34. The van der Waals surface area contributed by atoms with Gasteiger partial charge in [-0.3, -0.25) is 14.5 Å². The number of aromatic nitrogens is 4. The van der Waals surface area contributed by atoms with E-state index in [9.17, 15) is 4.79 Å². The minimum absolute atomic E-state index is 0.0607. The van der Waals surface area contributed by atoms with Crippen LogP contribution in [0, 0.1) is 5.41 Å². The molecule has 0 bridgehead atoms. The molecule has 4 aromatic heterocycles.